The Bertz CT molecular complexity index is 895. The molecular formula is C25H28O4. The van der Waals surface area contributed by atoms with Crippen LogP contribution in [0.3, 0.4) is 0 Å². The first kappa shape index (κ1) is 20.6. The summed E-state index contributed by atoms with van der Waals surface area (Å²) < 4.78 is 22.1. The van der Waals surface area contributed by atoms with Gasteiger partial charge in [0, 0.05) is 5.41 Å². The van der Waals surface area contributed by atoms with Gasteiger partial charge in [-0.25, -0.2) is 0 Å². The van der Waals surface area contributed by atoms with Gasteiger partial charge in [0.15, 0.2) is 23.0 Å². The fourth-order valence-electron chi connectivity index (χ4n) is 4.04. The normalized spacial score (nSPS) is 11.1. The van der Waals surface area contributed by atoms with E-state index in [2.05, 4.69) is 55.5 Å². The first-order valence-corrected chi connectivity index (χ1v) is 9.65. The molecule has 4 heteroatoms. The number of rotatable bonds is 8. The summed E-state index contributed by atoms with van der Waals surface area (Å²) in [6.07, 6.45) is 0.849. The molecular weight excluding hydrogens is 364 g/mol. The van der Waals surface area contributed by atoms with Gasteiger partial charge in [0.05, 0.1) is 28.4 Å². The molecule has 0 aliphatic rings. The van der Waals surface area contributed by atoms with Crippen molar-refractivity contribution in [3.63, 3.8) is 0 Å². The molecule has 4 nitrogen and oxygen atoms in total. The average Bonchev–Trinajstić information content (AvgIpc) is 2.80. The molecule has 0 spiro atoms. The number of hydrogen-bond donors (Lipinski definition) is 0. The Balaban J connectivity index is 2.32. The fraction of sp³-hybridized carbons (Fsp3) is 0.280. The van der Waals surface area contributed by atoms with Gasteiger partial charge in [0.25, 0.3) is 0 Å². The molecule has 0 amide bonds. The van der Waals surface area contributed by atoms with E-state index < -0.39 is 0 Å². The van der Waals surface area contributed by atoms with Crippen LogP contribution in [0.1, 0.15) is 30.0 Å². The van der Waals surface area contributed by atoms with E-state index in [4.69, 9.17) is 18.9 Å². The highest BCUT2D eigenvalue weighted by atomic mass is 16.5. The Morgan fingerprint density at radius 1 is 0.552 bits per heavy atom. The van der Waals surface area contributed by atoms with Crippen LogP contribution in [-0.4, -0.2) is 28.4 Å². The summed E-state index contributed by atoms with van der Waals surface area (Å²) in [5, 5.41) is 0. The maximum Gasteiger partial charge on any atom is 0.161 e. The van der Waals surface area contributed by atoms with Crippen molar-refractivity contribution in [2.75, 3.05) is 28.4 Å². The Labute approximate surface area is 173 Å². The van der Waals surface area contributed by atoms with Gasteiger partial charge in [-0.15, -0.1) is 0 Å². The van der Waals surface area contributed by atoms with Crippen molar-refractivity contribution in [3.05, 3.63) is 83.4 Å². The zero-order valence-corrected chi connectivity index (χ0v) is 17.7. The van der Waals surface area contributed by atoms with E-state index in [0.29, 0.717) is 23.0 Å². The van der Waals surface area contributed by atoms with E-state index >= 15 is 0 Å². The largest absolute Gasteiger partial charge is 0.493 e. The van der Waals surface area contributed by atoms with Crippen molar-refractivity contribution in [2.45, 2.75) is 18.8 Å². The predicted molar refractivity (Wildman–Crippen MR) is 116 cm³/mol. The fourth-order valence-corrected chi connectivity index (χ4v) is 4.04. The second-order valence-corrected chi connectivity index (χ2v) is 6.76. The lowest BCUT2D eigenvalue weighted by molar-refractivity contribution is 0.352. The highest BCUT2D eigenvalue weighted by Crippen LogP contribution is 2.46. The summed E-state index contributed by atoms with van der Waals surface area (Å²) in [4.78, 5) is 0. The van der Waals surface area contributed by atoms with Crippen molar-refractivity contribution in [3.8, 4) is 23.0 Å². The van der Waals surface area contributed by atoms with E-state index in [1.165, 1.54) is 5.56 Å². The summed E-state index contributed by atoms with van der Waals surface area (Å²) in [5.74, 6) is 2.83. The first-order valence-electron chi connectivity index (χ1n) is 9.65. The van der Waals surface area contributed by atoms with Gasteiger partial charge in [0.2, 0.25) is 0 Å². The van der Waals surface area contributed by atoms with Crippen molar-refractivity contribution >= 4 is 0 Å². The molecule has 0 fully saturated rings. The molecule has 3 aromatic carbocycles. The van der Waals surface area contributed by atoms with Crippen LogP contribution in [0.15, 0.2) is 66.7 Å². The minimum atomic E-state index is -0.389. The molecule has 3 aromatic rings. The monoisotopic (exact) mass is 392 g/mol. The second-order valence-electron chi connectivity index (χ2n) is 6.76. The Morgan fingerprint density at radius 2 is 1.00 bits per heavy atom. The number of benzene rings is 3. The van der Waals surface area contributed by atoms with Gasteiger partial charge in [-0.3, -0.25) is 0 Å². The van der Waals surface area contributed by atoms with E-state index in [1.54, 1.807) is 28.4 Å². The zero-order valence-electron chi connectivity index (χ0n) is 17.7. The smallest absolute Gasteiger partial charge is 0.161 e. The number of hydrogen-bond acceptors (Lipinski definition) is 4. The SMILES string of the molecule is CCC(c1ccccc1)(c1ccc(OC)c(OC)c1)c1ccc(OC)c(OC)c1. The Morgan fingerprint density at radius 3 is 1.38 bits per heavy atom. The molecule has 29 heavy (non-hydrogen) atoms. The summed E-state index contributed by atoms with van der Waals surface area (Å²) in [6, 6.07) is 22.8. The van der Waals surface area contributed by atoms with E-state index in [-0.39, 0.29) is 5.41 Å². The molecule has 0 aromatic heterocycles. The van der Waals surface area contributed by atoms with E-state index in [1.807, 2.05) is 18.2 Å². The zero-order chi connectivity index (χ0) is 20.9. The minimum Gasteiger partial charge on any atom is -0.493 e. The minimum absolute atomic E-state index is 0.389. The summed E-state index contributed by atoms with van der Waals surface area (Å²) in [6.45, 7) is 2.19. The Hall–Kier alpha value is -3.14. The van der Waals surface area contributed by atoms with Crippen molar-refractivity contribution in [1.82, 2.24) is 0 Å². The van der Waals surface area contributed by atoms with Gasteiger partial charge in [-0.2, -0.15) is 0 Å². The topological polar surface area (TPSA) is 36.9 Å². The molecule has 0 bridgehead atoms. The average molecular weight is 392 g/mol. The molecule has 0 radical (unpaired) electrons. The highest BCUT2D eigenvalue weighted by Gasteiger charge is 2.36. The van der Waals surface area contributed by atoms with Gasteiger partial charge in [-0.05, 0) is 47.4 Å². The van der Waals surface area contributed by atoms with Crippen LogP contribution in [0.25, 0.3) is 0 Å². The highest BCUT2D eigenvalue weighted by molar-refractivity contribution is 5.57. The first-order chi connectivity index (χ1) is 14.1. The van der Waals surface area contributed by atoms with Gasteiger partial charge in [0.1, 0.15) is 0 Å². The molecule has 0 saturated heterocycles. The van der Waals surface area contributed by atoms with Gasteiger partial charge < -0.3 is 18.9 Å². The molecule has 3 rings (SSSR count). The maximum absolute atomic E-state index is 5.60. The lowest BCUT2D eigenvalue weighted by atomic mass is 9.67. The van der Waals surface area contributed by atoms with Crippen LogP contribution in [-0.2, 0) is 5.41 Å². The van der Waals surface area contributed by atoms with Crippen LogP contribution in [0.2, 0.25) is 0 Å². The third-order valence-electron chi connectivity index (χ3n) is 5.55. The number of ether oxygens (including phenoxy) is 4. The van der Waals surface area contributed by atoms with Crippen LogP contribution >= 0.6 is 0 Å². The van der Waals surface area contributed by atoms with Crippen molar-refractivity contribution < 1.29 is 18.9 Å². The molecule has 0 aliphatic heterocycles. The standard InChI is InChI=1S/C25H28O4/c1-6-25(18-10-8-7-9-11-18,19-12-14-21(26-2)23(16-19)28-4)20-13-15-22(27-3)24(17-20)29-5/h7-17H,6H2,1-5H3. The van der Waals surface area contributed by atoms with Crippen LogP contribution in [0.5, 0.6) is 23.0 Å². The number of methoxy groups -OCH3 is 4. The van der Waals surface area contributed by atoms with Crippen molar-refractivity contribution in [2.24, 2.45) is 0 Å². The maximum atomic E-state index is 5.60. The lowest BCUT2D eigenvalue weighted by Gasteiger charge is -2.35. The van der Waals surface area contributed by atoms with Crippen molar-refractivity contribution in [1.29, 1.82) is 0 Å². The predicted octanol–water partition coefficient (Wildman–Crippen LogP) is 5.47. The third kappa shape index (κ3) is 3.63. The quantitative estimate of drug-likeness (QED) is 0.477. The lowest BCUT2D eigenvalue weighted by Crippen LogP contribution is -2.28. The molecule has 0 aliphatic carbocycles. The molecule has 0 atom stereocenters. The van der Waals surface area contributed by atoms with E-state index in [0.717, 1.165) is 17.5 Å². The molecule has 0 N–H and O–H groups in total. The molecule has 0 saturated carbocycles. The summed E-state index contributed by atoms with van der Waals surface area (Å²) in [5.41, 5.74) is 3.05. The van der Waals surface area contributed by atoms with Gasteiger partial charge >= 0.3 is 0 Å². The molecule has 152 valence electrons. The van der Waals surface area contributed by atoms with E-state index in [9.17, 15) is 0 Å². The second kappa shape index (κ2) is 8.91. The Kier molecular flexibility index (Phi) is 6.32. The molecule has 0 heterocycles. The van der Waals surface area contributed by atoms with Crippen LogP contribution in [0, 0.1) is 0 Å². The third-order valence-corrected chi connectivity index (χ3v) is 5.55. The summed E-state index contributed by atoms with van der Waals surface area (Å²) in [7, 11) is 6.62. The van der Waals surface area contributed by atoms with Crippen LogP contribution in [0.4, 0.5) is 0 Å². The van der Waals surface area contributed by atoms with Gasteiger partial charge in [-0.1, -0.05) is 49.4 Å². The van der Waals surface area contributed by atoms with Crippen LogP contribution < -0.4 is 18.9 Å². The summed E-state index contributed by atoms with van der Waals surface area (Å²) >= 11 is 0. The molecule has 0 unspecified atom stereocenters.